The van der Waals surface area contributed by atoms with Crippen LogP contribution in [0.25, 0.3) is 0 Å². The molecule has 0 spiro atoms. The van der Waals surface area contributed by atoms with Gasteiger partial charge < -0.3 is 16.2 Å². The van der Waals surface area contributed by atoms with Gasteiger partial charge in [0, 0.05) is 5.56 Å². The molecule has 0 saturated heterocycles. The topological polar surface area (TPSA) is 75.3 Å². The summed E-state index contributed by atoms with van der Waals surface area (Å²) in [6.07, 6.45) is 0.638. The first kappa shape index (κ1) is 13.4. The molecule has 92 valence electrons. The molecule has 0 radical (unpaired) electrons. The smallest absolute Gasteiger partial charge is 0.251 e. The number of hydrogen-bond donors (Lipinski definition) is 3. The lowest BCUT2D eigenvalue weighted by atomic mass is 10.1. The summed E-state index contributed by atoms with van der Waals surface area (Å²) in [6, 6.07) is 4.44. The lowest BCUT2D eigenvalue weighted by Gasteiger charge is -2.15. The third-order valence-corrected chi connectivity index (χ3v) is 2.81. The van der Waals surface area contributed by atoms with Crippen LogP contribution < -0.4 is 11.1 Å². The van der Waals surface area contributed by atoms with Gasteiger partial charge in [-0.15, -0.1) is 0 Å². The molecule has 1 atom stereocenters. The number of carbonyl (C=O) groups is 1. The number of hydrogen-bond acceptors (Lipinski definition) is 3. The molecule has 5 heteroatoms. The van der Waals surface area contributed by atoms with Crippen molar-refractivity contribution in [2.24, 2.45) is 5.73 Å². The van der Waals surface area contributed by atoms with Crippen LogP contribution in [0.5, 0.6) is 5.75 Å². The van der Waals surface area contributed by atoms with E-state index >= 15 is 0 Å². The van der Waals surface area contributed by atoms with Crippen LogP contribution in [-0.2, 0) is 0 Å². The second-order valence-electron chi connectivity index (χ2n) is 3.84. The predicted molar refractivity (Wildman–Crippen MR) is 71.2 cm³/mol. The summed E-state index contributed by atoms with van der Waals surface area (Å²) in [4.78, 5) is 12.1. The van der Waals surface area contributed by atoms with Crippen molar-refractivity contribution in [3.63, 3.8) is 0 Å². The van der Waals surface area contributed by atoms with Crippen LogP contribution in [0.1, 0.15) is 29.3 Å². The zero-order chi connectivity index (χ0) is 13.0. The summed E-state index contributed by atoms with van der Waals surface area (Å²) >= 11 is 4.84. The summed E-state index contributed by atoms with van der Waals surface area (Å²) in [7, 11) is 0. The molecule has 1 aromatic carbocycles. The predicted octanol–water partition coefficient (Wildman–Crippen LogP) is 1.50. The molecule has 0 aliphatic carbocycles. The number of aromatic hydroxyl groups is 1. The van der Waals surface area contributed by atoms with Gasteiger partial charge in [0.25, 0.3) is 5.91 Å². The van der Waals surface area contributed by atoms with Crippen molar-refractivity contribution >= 4 is 23.1 Å². The van der Waals surface area contributed by atoms with E-state index in [1.807, 2.05) is 6.92 Å². The van der Waals surface area contributed by atoms with Gasteiger partial charge in [0.05, 0.1) is 11.0 Å². The Hall–Kier alpha value is -1.62. The van der Waals surface area contributed by atoms with Gasteiger partial charge in [-0.3, -0.25) is 4.79 Å². The van der Waals surface area contributed by atoms with Crippen LogP contribution >= 0.6 is 12.2 Å². The quantitative estimate of drug-likeness (QED) is 0.710. The maximum atomic E-state index is 11.8. The van der Waals surface area contributed by atoms with E-state index in [1.54, 1.807) is 19.1 Å². The Labute approximate surface area is 106 Å². The number of thiocarbonyl (C=S) groups is 1. The van der Waals surface area contributed by atoms with Gasteiger partial charge in [-0.25, -0.2) is 0 Å². The molecule has 0 aliphatic heterocycles. The maximum Gasteiger partial charge on any atom is 0.251 e. The number of phenols is 1. The van der Waals surface area contributed by atoms with E-state index < -0.39 is 0 Å². The number of phenolic OH excluding ortho intramolecular Hbond substituents is 1. The minimum Gasteiger partial charge on any atom is -0.508 e. The van der Waals surface area contributed by atoms with E-state index in [0.29, 0.717) is 12.0 Å². The minimum absolute atomic E-state index is 0.0982. The Morgan fingerprint density at radius 3 is 2.71 bits per heavy atom. The molecule has 0 aliphatic rings. The highest BCUT2D eigenvalue weighted by Crippen LogP contribution is 2.17. The first-order valence-corrected chi connectivity index (χ1v) is 5.76. The number of carbonyl (C=O) groups excluding carboxylic acids is 1. The van der Waals surface area contributed by atoms with Crippen LogP contribution in [-0.4, -0.2) is 22.0 Å². The van der Waals surface area contributed by atoms with E-state index in [9.17, 15) is 9.90 Å². The molecule has 0 heterocycles. The summed E-state index contributed by atoms with van der Waals surface area (Å²) in [6.45, 7) is 3.65. The molecular formula is C12H16N2O2S. The van der Waals surface area contributed by atoms with E-state index in [2.05, 4.69) is 5.32 Å². The van der Waals surface area contributed by atoms with Crippen molar-refractivity contribution < 1.29 is 9.90 Å². The molecule has 0 saturated carbocycles. The molecule has 1 aromatic rings. The fourth-order valence-electron chi connectivity index (χ4n) is 1.37. The van der Waals surface area contributed by atoms with Crippen molar-refractivity contribution in [1.29, 1.82) is 0 Å². The highest BCUT2D eigenvalue weighted by atomic mass is 32.1. The van der Waals surface area contributed by atoms with E-state index in [1.165, 1.54) is 6.07 Å². The number of benzene rings is 1. The maximum absolute atomic E-state index is 11.8. The highest BCUT2D eigenvalue weighted by molar-refractivity contribution is 7.80. The molecule has 0 bridgehead atoms. The average molecular weight is 252 g/mol. The lowest BCUT2D eigenvalue weighted by molar-refractivity contribution is 0.0946. The minimum atomic E-state index is -0.319. The molecule has 1 amide bonds. The average Bonchev–Trinajstić information content (AvgIpc) is 2.28. The Kier molecular flexibility index (Phi) is 4.45. The van der Waals surface area contributed by atoms with Gasteiger partial charge in [0.1, 0.15) is 5.75 Å². The monoisotopic (exact) mass is 252 g/mol. The number of nitrogens with one attached hydrogen (secondary N) is 1. The molecule has 17 heavy (non-hydrogen) atoms. The van der Waals surface area contributed by atoms with Crippen molar-refractivity contribution in [2.75, 3.05) is 0 Å². The molecule has 0 fully saturated rings. The molecule has 4 N–H and O–H groups in total. The summed E-state index contributed by atoms with van der Waals surface area (Å²) in [5.74, 6) is -0.194. The fraction of sp³-hybridized carbons (Fsp3) is 0.333. The molecule has 1 rings (SSSR count). The standard InChI is InChI=1S/C12H16N2O2S/c1-3-9(11(13)17)14-12(16)8-5-4-7(2)10(15)6-8/h4-6,9,15H,3H2,1-2H3,(H2,13,17)(H,14,16). The van der Waals surface area contributed by atoms with Crippen molar-refractivity contribution in [3.05, 3.63) is 29.3 Å². The SMILES string of the molecule is CCC(NC(=O)c1ccc(C)c(O)c1)C(N)=S. The van der Waals surface area contributed by atoms with E-state index in [0.717, 1.165) is 5.56 Å². The molecule has 1 unspecified atom stereocenters. The largest absolute Gasteiger partial charge is 0.508 e. The van der Waals surface area contributed by atoms with Crippen LogP contribution in [0.3, 0.4) is 0 Å². The van der Waals surface area contributed by atoms with Crippen LogP contribution in [0.15, 0.2) is 18.2 Å². The first-order valence-electron chi connectivity index (χ1n) is 5.35. The molecular weight excluding hydrogens is 236 g/mol. The van der Waals surface area contributed by atoms with E-state index in [4.69, 9.17) is 18.0 Å². The van der Waals surface area contributed by atoms with Gasteiger partial charge >= 0.3 is 0 Å². The Bertz CT molecular complexity index is 446. The van der Waals surface area contributed by atoms with E-state index in [-0.39, 0.29) is 22.7 Å². The third kappa shape index (κ3) is 3.42. The zero-order valence-electron chi connectivity index (χ0n) is 9.86. The van der Waals surface area contributed by atoms with Crippen LogP contribution in [0.2, 0.25) is 0 Å². The molecule has 0 aromatic heterocycles. The Morgan fingerprint density at radius 2 is 2.24 bits per heavy atom. The summed E-state index contributed by atoms with van der Waals surface area (Å²) < 4.78 is 0. The zero-order valence-corrected chi connectivity index (χ0v) is 10.7. The first-order chi connectivity index (χ1) is 7.95. The molecule has 4 nitrogen and oxygen atoms in total. The Balaban J connectivity index is 2.82. The van der Waals surface area contributed by atoms with Gasteiger partial charge in [0.2, 0.25) is 0 Å². The number of amides is 1. The number of rotatable bonds is 4. The highest BCUT2D eigenvalue weighted by Gasteiger charge is 2.14. The summed E-state index contributed by atoms with van der Waals surface area (Å²) in [5, 5.41) is 12.2. The second-order valence-corrected chi connectivity index (χ2v) is 4.31. The van der Waals surface area contributed by atoms with Crippen LogP contribution in [0, 0.1) is 6.92 Å². The van der Waals surface area contributed by atoms with Gasteiger partial charge in [-0.05, 0) is 31.0 Å². The number of aryl methyl sites for hydroxylation is 1. The van der Waals surface area contributed by atoms with Gasteiger partial charge in [-0.1, -0.05) is 25.2 Å². The normalized spacial score (nSPS) is 11.9. The summed E-state index contributed by atoms with van der Waals surface area (Å²) in [5.41, 5.74) is 6.61. The lowest BCUT2D eigenvalue weighted by Crippen LogP contribution is -2.42. The third-order valence-electron chi connectivity index (χ3n) is 2.53. The van der Waals surface area contributed by atoms with Crippen molar-refractivity contribution in [3.8, 4) is 5.75 Å². The van der Waals surface area contributed by atoms with Gasteiger partial charge in [0.15, 0.2) is 0 Å². The van der Waals surface area contributed by atoms with Gasteiger partial charge in [-0.2, -0.15) is 0 Å². The number of nitrogens with two attached hydrogens (primary N) is 1. The van der Waals surface area contributed by atoms with Crippen molar-refractivity contribution in [2.45, 2.75) is 26.3 Å². The van der Waals surface area contributed by atoms with Crippen molar-refractivity contribution in [1.82, 2.24) is 5.32 Å². The second kappa shape index (κ2) is 5.63. The fourth-order valence-corrected chi connectivity index (χ4v) is 1.59. The van der Waals surface area contributed by atoms with Crippen LogP contribution in [0.4, 0.5) is 0 Å². The Morgan fingerprint density at radius 1 is 1.59 bits per heavy atom.